The Balaban J connectivity index is 1.44. The van der Waals surface area contributed by atoms with Crippen LogP contribution in [0, 0.1) is 5.82 Å². The molecule has 6 nitrogen and oxygen atoms in total. The number of halogens is 1. The molecular weight excluding hydrogens is 383 g/mol. The van der Waals surface area contributed by atoms with Crippen molar-refractivity contribution in [1.82, 2.24) is 5.32 Å². The van der Waals surface area contributed by atoms with Crippen molar-refractivity contribution in [3.63, 3.8) is 0 Å². The number of carbonyl (C=O) groups is 2. The Morgan fingerprint density at radius 1 is 1.14 bits per heavy atom. The molecule has 0 aliphatic carbocycles. The summed E-state index contributed by atoms with van der Waals surface area (Å²) in [6, 6.07) is 11.1. The number of ether oxygens (including phenoxy) is 2. The molecule has 1 heterocycles. The molecule has 0 radical (unpaired) electrons. The van der Waals surface area contributed by atoms with Gasteiger partial charge in [0.1, 0.15) is 19.0 Å². The van der Waals surface area contributed by atoms with Crippen LogP contribution in [0.4, 0.5) is 10.1 Å². The van der Waals surface area contributed by atoms with Gasteiger partial charge in [-0.1, -0.05) is 12.1 Å². The number of nitrogens with one attached hydrogen (secondary N) is 2. The van der Waals surface area contributed by atoms with Gasteiger partial charge >= 0.3 is 0 Å². The van der Waals surface area contributed by atoms with Crippen LogP contribution in [-0.4, -0.2) is 36.0 Å². The molecule has 2 aromatic carbocycles. The van der Waals surface area contributed by atoms with Crippen LogP contribution < -0.4 is 20.1 Å². The number of para-hydroxylation sites is 1. The summed E-state index contributed by atoms with van der Waals surface area (Å²) in [7, 11) is 0. The van der Waals surface area contributed by atoms with Crippen molar-refractivity contribution >= 4 is 29.3 Å². The fourth-order valence-electron chi connectivity index (χ4n) is 2.61. The van der Waals surface area contributed by atoms with Gasteiger partial charge in [0.05, 0.1) is 11.0 Å². The number of fused-ring (bicyclic) bond motifs is 1. The van der Waals surface area contributed by atoms with Gasteiger partial charge in [0.2, 0.25) is 11.8 Å². The van der Waals surface area contributed by atoms with Crippen LogP contribution in [0.15, 0.2) is 42.5 Å². The molecule has 3 rings (SSSR count). The molecule has 0 saturated carbocycles. The van der Waals surface area contributed by atoms with Gasteiger partial charge in [0.15, 0.2) is 11.5 Å². The summed E-state index contributed by atoms with van der Waals surface area (Å²) in [6.45, 7) is 3.05. The number of amides is 2. The van der Waals surface area contributed by atoms with E-state index < -0.39 is 5.25 Å². The number of benzene rings is 2. The number of rotatable bonds is 7. The fraction of sp³-hybridized carbons (Fsp3) is 0.300. The lowest BCUT2D eigenvalue weighted by atomic mass is 10.1. The van der Waals surface area contributed by atoms with E-state index in [2.05, 4.69) is 10.6 Å². The largest absolute Gasteiger partial charge is 0.486 e. The molecule has 1 aliphatic rings. The summed E-state index contributed by atoms with van der Waals surface area (Å²) in [5.41, 5.74) is 1.36. The van der Waals surface area contributed by atoms with E-state index in [4.69, 9.17) is 9.47 Å². The minimum absolute atomic E-state index is 0.115. The third kappa shape index (κ3) is 5.39. The van der Waals surface area contributed by atoms with Gasteiger partial charge < -0.3 is 20.1 Å². The van der Waals surface area contributed by atoms with Gasteiger partial charge in [-0.3, -0.25) is 9.59 Å². The molecule has 148 valence electrons. The summed E-state index contributed by atoms with van der Waals surface area (Å²) in [5.74, 6) is 0.664. The lowest BCUT2D eigenvalue weighted by Gasteiger charge is -2.21. The van der Waals surface area contributed by atoms with E-state index in [9.17, 15) is 14.0 Å². The molecule has 2 aromatic rings. The zero-order valence-electron chi connectivity index (χ0n) is 15.4. The zero-order chi connectivity index (χ0) is 19.9. The molecule has 8 heteroatoms. The maximum atomic E-state index is 12.9. The maximum absolute atomic E-state index is 12.9. The van der Waals surface area contributed by atoms with E-state index in [0.717, 1.165) is 5.56 Å². The van der Waals surface area contributed by atoms with Gasteiger partial charge in [-0.25, -0.2) is 4.39 Å². The molecule has 0 bridgehead atoms. The molecule has 0 spiro atoms. The second-order valence-electron chi connectivity index (χ2n) is 6.17. The Hall–Kier alpha value is -2.74. The highest BCUT2D eigenvalue weighted by Crippen LogP contribution is 2.33. The average Bonchev–Trinajstić information content (AvgIpc) is 2.71. The first-order valence-corrected chi connectivity index (χ1v) is 9.90. The minimum Gasteiger partial charge on any atom is -0.486 e. The number of hydrogen-bond donors (Lipinski definition) is 2. The van der Waals surface area contributed by atoms with Crippen LogP contribution in [0.25, 0.3) is 0 Å². The predicted molar refractivity (Wildman–Crippen MR) is 106 cm³/mol. The smallest absolute Gasteiger partial charge is 0.234 e. The van der Waals surface area contributed by atoms with Crippen LogP contribution in [0.5, 0.6) is 11.5 Å². The van der Waals surface area contributed by atoms with Gasteiger partial charge in [-0.2, -0.15) is 0 Å². The maximum Gasteiger partial charge on any atom is 0.234 e. The second kappa shape index (κ2) is 9.45. The SMILES string of the molecule is CC(SCC(=O)Nc1ccc(F)cc1)C(=O)NCc1cccc2c1OCCO2. The van der Waals surface area contributed by atoms with Crippen molar-refractivity contribution in [3.8, 4) is 11.5 Å². The van der Waals surface area contributed by atoms with Gasteiger partial charge in [-0.15, -0.1) is 11.8 Å². The average molecular weight is 404 g/mol. The molecule has 0 aromatic heterocycles. The quantitative estimate of drug-likeness (QED) is 0.742. The van der Waals surface area contributed by atoms with Crippen molar-refractivity contribution in [2.75, 3.05) is 24.3 Å². The van der Waals surface area contributed by atoms with Crippen LogP contribution in [0.3, 0.4) is 0 Å². The van der Waals surface area contributed by atoms with E-state index in [1.54, 1.807) is 6.92 Å². The normalized spacial score (nSPS) is 13.5. The Morgan fingerprint density at radius 2 is 1.89 bits per heavy atom. The van der Waals surface area contributed by atoms with Crippen molar-refractivity contribution in [1.29, 1.82) is 0 Å². The van der Waals surface area contributed by atoms with Crippen LogP contribution in [-0.2, 0) is 16.1 Å². The van der Waals surface area contributed by atoms with Crippen molar-refractivity contribution < 1.29 is 23.5 Å². The summed E-state index contributed by atoms with van der Waals surface area (Å²) in [6.07, 6.45) is 0. The minimum atomic E-state index is -0.407. The number of anilines is 1. The molecule has 0 fully saturated rings. The number of hydrogen-bond acceptors (Lipinski definition) is 5. The topological polar surface area (TPSA) is 76.7 Å². The van der Waals surface area contributed by atoms with Gasteiger partial charge in [0, 0.05) is 17.8 Å². The molecule has 0 saturated heterocycles. The zero-order valence-corrected chi connectivity index (χ0v) is 16.2. The second-order valence-corrected chi connectivity index (χ2v) is 7.50. The third-order valence-corrected chi connectivity index (χ3v) is 5.21. The molecule has 28 heavy (non-hydrogen) atoms. The molecule has 1 atom stereocenters. The summed E-state index contributed by atoms with van der Waals surface area (Å²) in [5, 5.41) is 5.12. The highest BCUT2D eigenvalue weighted by molar-refractivity contribution is 8.01. The van der Waals surface area contributed by atoms with Gasteiger partial charge in [-0.05, 0) is 37.3 Å². The summed E-state index contributed by atoms with van der Waals surface area (Å²) in [4.78, 5) is 24.3. The van der Waals surface area contributed by atoms with Crippen molar-refractivity contribution in [2.24, 2.45) is 0 Å². The first-order chi connectivity index (χ1) is 13.5. The third-order valence-electron chi connectivity index (χ3n) is 4.06. The monoisotopic (exact) mass is 404 g/mol. The van der Waals surface area contributed by atoms with Crippen LogP contribution in [0.1, 0.15) is 12.5 Å². The standard InChI is InChI=1S/C20H21FN2O4S/c1-13(28-12-18(24)23-16-7-5-15(21)6-8-16)20(25)22-11-14-3-2-4-17-19(14)27-10-9-26-17/h2-8,13H,9-12H2,1H3,(H,22,25)(H,23,24). The van der Waals surface area contributed by atoms with E-state index in [1.165, 1.54) is 36.0 Å². The molecule has 2 N–H and O–H groups in total. The Morgan fingerprint density at radius 3 is 2.68 bits per heavy atom. The van der Waals surface area contributed by atoms with E-state index in [0.29, 0.717) is 36.9 Å². The first kappa shape index (κ1) is 20.0. The van der Waals surface area contributed by atoms with Crippen molar-refractivity contribution in [2.45, 2.75) is 18.7 Å². The Kier molecular flexibility index (Phi) is 6.76. The lowest BCUT2D eigenvalue weighted by Crippen LogP contribution is -2.32. The van der Waals surface area contributed by atoms with Gasteiger partial charge in [0.25, 0.3) is 0 Å². The summed E-state index contributed by atoms with van der Waals surface area (Å²) < 4.78 is 24.0. The highest BCUT2D eigenvalue weighted by Gasteiger charge is 2.18. The number of carbonyl (C=O) groups excluding carboxylic acids is 2. The van der Waals surface area contributed by atoms with E-state index in [-0.39, 0.29) is 23.4 Å². The molecule has 1 unspecified atom stereocenters. The van der Waals surface area contributed by atoms with Crippen LogP contribution in [0.2, 0.25) is 0 Å². The Labute approximate surface area is 166 Å². The summed E-state index contributed by atoms with van der Waals surface area (Å²) >= 11 is 1.22. The first-order valence-electron chi connectivity index (χ1n) is 8.85. The Bertz CT molecular complexity index is 845. The molecule has 2 amide bonds. The lowest BCUT2D eigenvalue weighted by molar-refractivity contribution is -0.120. The highest BCUT2D eigenvalue weighted by atomic mass is 32.2. The van der Waals surface area contributed by atoms with E-state index in [1.807, 2.05) is 18.2 Å². The van der Waals surface area contributed by atoms with Crippen LogP contribution >= 0.6 is 11.8 Å². The molecular formula is C20H21FN2O4S. The van der Waals surface area contributed by atoms with Crippen molar-refractivity contribution in [3.05, 3.63) is 53.8 Å². The fourth-order valence-corrected chi connectivity index (χ4v) is 3.31. The van der Waals surface area contributed by atoms with E-state index >= 15 is 0 Å². The predicted octanol–water partition coefficient (Wildman–Crippen LogP) is 2.97. The number of thioether (sulfide) groups is 1. The molecule has 1 aliphatic heterocycles.